The van der Waals surface area contributed by atoms with Gasteiger partial charge in [0, 0.05) is 29.7 Å². The quantitative estimate of drug-likeness (QED) is 0.814. The third-order valence-electron chi connectivity index (χ3n) is 3.46. The molecule has 0 unspecified atom stereocenters. The number of aliphatic hydroxyl groups excluding tert-OH is 1. The molecule has 0 bridgehead atoms. The third kappa shape index (κ3) is 4.14. The standard InChI is InChI=1S/C14H19NO3S/c16-13(11-6-8-15(10-11)14(17)18)7-9-19-12-4-2-1-3-5-12/h1-5,11,13,16H,6-10H2,(H,17,18)/t11-,13-/m0/s1. The fraction of sp³-hybridized carbons (Fsp3) is 0.500. The van der Waals surface area contributed by atoms with Crippen LogP contribution in [0, 0.1) is 5.92 Å². The zero-order valence-electron chi connectivity index (χ0n) is 10.7. The van der Waals surface area contributed by atoms with E-state index in [1.54, 1.807) is 11.8 Å². The fourth-order valence-corrected chi connectivity index (χ4v) is 3.27. The highest BCUT2D eigenvalue weighted by Gasteiger charge is 2.30. The molecule has 104 valence electrons. The summed E-state index contributed by atoms with van der Waals surface area (Å²) >= 11 is 1.72. The SMILES string of the molecule is O=C(O)N1CC[C@H]([C@@H](O)CCSc2ccccc2)C1. The fourth-order valence-electron chi connectivity index (χ4n) is 2.33. The van der Waals surface area contributed by atoms with E-state index >= 15 is 0 Å². The predicted molar refractivity (Wildman–Crippen MR) is 75.5 cm³/mol. The summed E-state index contributed by atoms with van der Waals surface area (Å²) in [6.07, 6.45) is 0.190. The topological polar surface area (TPSA) is 60.8 Å². The Morgan fingerprint density at radius 3 is 2.79 bits per heavy atom. The average Bonchev–Trinajstić information content (AvgIpc) is 2.89. The molecule has 1 fully saturated rings. The van der Waals surface area contributed by atoms with Gasteiger partial charge >= 0.3 is 6.09 Å². The second-order valence-corrected chi connectivity index (χ2v) is 5.96. The van der Waals surface area contributed by atoms with Gasteiger partial charge in [-0.3, -0.25) is 0 Å². The van der Waals surface area contributed by atoms with Crippen molar-refractivity contribution in [3.05, 3.63) is 30.3 Å². The van der Waals surface area contributed by atoms with Crippen molar-refractivity contribution >= 4 is 17.9 Å². The number of likely N-dealkylation sites (tertiary alicyclic amines) is 1. The van der Waals surface area contributed by atoms with E-state index in [9.17, 15) is 9.90 Å². The molecule has 1 aromatic rings. The van der Waals surface area contributed by atoms with E-state index in [-0.39, 0.29) is 5.92 Å². The molecule has 5 heteroatoms. The highest BCUT2D eigenvalue weighted by molar-refractivity contribution is 7.99. The molecule has 1 heterocycles. The van der Waals surface area contributed by atoms with Gasteiger partial charge in [-0.25, -0.2) is 4.79 Å². The van der Waals surface area contributed by atoms with E-state index in [0.29, 0.717) is 19.5 Å². The van der Waals surface area contributed by atoms with Crippen molar-refractivity contribution in [2.75, 3.05) is 18.8 Å². The maximum absolute atomic E-state index is 10.8. The molecule has 1 saturated heterocycles. The Hall–Kier alpha value is -1.20. The Balaban J connectivity index is 1.70. The molecule has 1 aromatic carbocycles. The minimum absolute atomic E-state index is 0.0903. The number of nitrogens with zero attached hydrogens (tertiary/aromatic N) is 1. The van der Waals surface area contributed by atoms with Gasteiger partial charge in [0.2, 0.25) is 0 Å². The Bertz CT molecular complexity index is 412. The molecule has 2 atom stereocenters. The van der Waals surface area contributed by atoms with Crippen LogP contribution in [-0.2, 0) is 0 Å². The zero-order chi connectivity index (χ0) is 13.7. The van der Waals surface area contributed by atoms with Crippen LogP contribution in [0.4, 0.5) is 4.79 Å². The summed E-state index contributed by atoms with van der Waals surface area (Å²) < 4.78 is 0. The van der Waals surface area contributed by atoms with Gasteiger partial charge in [-0.15, -0.1) is 11.8 Å². The molecule has 0 aliphatic carbocycles. The zero-order valence-corrected chi connectivity index (χ0v) is 11.6. The molecular formula is C14H19NO3S. The molecule has 2 N–H and O–H groups in total. The molecule has 0 spiro atoms. The number of hydrogen-bond acceptors (Lipinski definition) is 3. The van der Waals surface area contributed by atoms with Crippen molar-refractivity contribution < 1.29 is 15.0 Å². The summed E-state index contributed by atoms with van der Waals surface area (Å²) in [7, 11) is 0. The summed E-state index contributed by atoms with van der Waals surface area (Å²) in [6.45, 7) is 1.01. The Labute approximate surface area is 117 Å². The molecule has 1 aliphatic rings. The van der Waals surface area contributed by atoms with Crippen LogP contribution in [0.1, 0.15) is 12.8 Å². The van der Waals surface area contributed by atoms with Crippen LogP contribution >= 0.6 is 11.8 Å². The number of hydrogen-bond donors (Lipinski definition) is 2. The second-order valence-electron chi connectivity index (χ2n) is 4.79. The van der Waals surface area contributed by atoms with Crippen molar-refractivity contribution in [2.45, 2.75) is 23.8 Å². The smallest absolute Gasteiger partial charge is 0.407 e. The predicted octanol–water partition coefficient (Wildman–Crippen LogP) is 2.53. The number of aliphatic hydroxyl groups is 1. The normalized spacial score (nSPS) is 20.5. The van der Waals surface area contributed by atoms with Gasteiger partial charge < -0.3 is 15.1 Å². The van der Waals surface area contributed by atoms with Gasteiger partial charge in [-0.05, 0) is 25.0 Å². The molecule has 0 saturated carbocycles. The Morgan fingerprint density at radius 1 is 1.42 bits per heavy atom. The summed E-state index contributed by atoms with van der Waals surface area (Å²) in [6, 6.07) is 10.1. The van der Waals surface area contributed by atoms with Gasteiger partial charge in [0.05, 0.1) is 6.10 Å². The van der Waals surface area contributed by atoms with Crippen molar-refractivity contribution in [3.8, 4) is 0 Å². The lowest BCUT2D eigenvalue weighted by molar-refractivity contribution is 0.105. The molecule has 0 aromatic heterocycles. The second kappa shape index (κ2) is 6.82. The summed E-state index contributed by atoms with van der Waals surface area (Å²) in [5.41, 5.74) is 0. The highest BCUT2D eigenvalue weighted by atomic mass is 32.2. The molecule has 1 amide bonds. The summed E-state index contributed by atoms with van der Waals surface area (Å²) in [5, 5.41) is 19.0. The molecule has 0 radical (unpaired) electrons. The summed E-state index contributed by atoms with van der Waals surface area (Å²) in [5.74, 6) is 0.946. The van der Waals surface area contributed by atoms with Gasteiger partial charge in [0.1, 0.15) is 0 Å². The molecular weight excluding hydrogens is 262 g/mol. The minimum atomic E-state index is -0.881. The van der Waals surface area contributed by atoms with Gasteiger partial charge in [0.25, 0.3) is 0 Å². The first-order valence-electron chi connectivity index (χ1n) is 6.50. The van der Waals surface area contributed by atoms with Gasteiger partial charge in [-0.1, -0.05) is 18.2 Å². The lowest BCUT2D eigenvalue weighted by Crippen LogP contribution is -2.29. The van der Waals surface area contributed by atoms with Gasteiger partial charge in [-0.2, -0.15) is 0 Å². The van der Waals surface area contributed by atoms with E-state index in [2.05, 4.69) is 12.1 Å². The highest BCUT2D eigenvalue weighted by Crippen LogP contribution is 2.24. The monoisotopic (exact) mass is 281 g/mol. The van der Waals surface area contributed by atoms with E-state index < -0.39 is 12.2 Å². The maximum Gasteiger partial charge on any atom is 0.407 e. The Morgan fingerprint density at radius 2 is 2.16 bits per heavy atom. The molecule has 1 aliphatic heterocycles. The molecule has 2 rings (SSSR count). The first-order valence-corrected chi connectivity index (χ1v) is 7.49. The van der Waals surface area contributed by atoms with Gasteiger partial charge in [0.15, 0.2) is 0 Å². The number of amides is 1. The third-order valence-corrected chi connectivity index (χ3v) is 4.51. The van der Waals surface area contributed by atoms with Crippen LogP contribution in [0.25, 0.3) is 0 Å². The van der Waals surface area contributed by atoms with Crippen LogP contribution in [0.2, 0.25) is 0 Å². The lowest BCUT2D eigenvalue weighted by atomic mass is 10.00. The molecule has 4 nitrogen and oxygen atoms in total. The van der Waals surface area contributed by atoms with E-state index in [0.717, 1.165) is 12.2 Å². The average molecular weight is 281 g/mol. The summed E-state index contributed by atoms with van der Waals surface area (Å²) in [4.78, 5) is 13.4. The number of carbonyl (C=O) groups is 1. The molecule has 19 heavy (non-hydrogen) atoms. The largest absolute Gasteiger partial charge is 0.465 e. The van der Waals surface area contributed by atoms with E-state index in [1.807, 2.05) is 18.2 Å². The number of thioether (sulfide) groups is 1. The van der Waals surface area contributed by atoms with E-state index in [4.69, 9.17) is 5.11 Å². The van der Waals surface area contributed by atoms with Crippen molar-refractivity contribution in [1.82, 2.24) is 4.90 Å². The minimum Gasteiger partial charge on any atom is -0.465 e. The van der Waals surface area contributed by atoms with Crippen LogP contribution < -0.4 is 0 Å². The number of carboxylic acid groups (broad SMARTS) is 1. The number of rotatable bonds is 5. The van der Waals surface area contributed by atoms with Crippen molar-refractivity contribution in [2.24, 2.45) is 5.92 Å². The van der Waals surface area contributed by atoms with Crippen LogP contribution in [0.3, 0.4) is 0 Å². The number of benzene rings is 1. The van der Waals surface area contributed by atoms with Crippen molar-refractivity contribution in [3.63, 3.8) is 0 Å². The van der Waals surface area contributed by atoms with Crippen LogP contribution in [0.5, 0.6) is 0 Å². The first kappa shape index (κ1) is 14.2. The lowest BCUT2D eigenvalue weighted by Gasteiger charge is -2.18. The van der Waals surface area contributed by atoms with Crippen LogP contribution in [-0.4, -0.2) is 46.2 Å². The Kier molecular flexibility index (Phi) is 5.10. The van der Waals surface area contributed by atoms with Crippen molar-refractivity contribution in [1.29, 1.82) is 0 Å². The van der Waals surface area contributed by atoms with Crippen LogP contribution in [0.15, 0.2) is 35.2 Å². The van der Waals surface area contributed by atoms with E-state index in [1.165, 1.54) is 9.80 Å². The maximum atomic E-state index is 10.8. The first-order chi connectivity index (χ1) is 9.16.